The molecule has 0 amide bonds. The summed E-state index contributed by atoms with van der Waals surface area (Å²) in [6.07, 6.45) is 0.887. The Morgan fingerprint density at radius 1 is 1.41 bits per heavy atom. The molecule has 17 heavy (non-hydrogen) atoms. The number of nitrogens with one attached hydrogen (secondary N) is 1. The van der Waals surface area contributed by atoms with Gasteiger partial charge in [-0.05, 0) is 30.7 Å². The minimum Gasteiger partial charge on any atom is -0.468 e. The Kier molecular flexibility index (Phi) is 3.92. The molecule has 0 spiro atoms. The van der Waals surface area contributed by atoms with Crippen molar-refractivity contribution in [2.75, 3.05) is 13.7 Å². The van der Waals surface area contributed by atoms with Gasteiger partial charge in [-0.1, -0.05) is 29.3 Å². The molecule has 0 radical (unpaired) electrons. The van der Waals surface area contributed by atoms with Gasteiger partial charge in [0.2, 0.25) is 0 Å². The monoisotopic (exact) mass is 273 g/mol. The highest BCUT2D eigenvalue weighted by Crippen LogP contribution is 2.32. The summed E-state index contributed by atoms with van der Waals surface area (Å²) in [6.45, 7) is 0.796. The molecule has 1 N–H and O–H groups in total. The van der Waals surface area contributed by atoms with Crippen LogP contribution in [0.4, 0.5) is 0 Å². The van der Waals surface area contributed by atoms with Crippen molar-refractivity contribution in [1.29, 1.82) is 0 Å². The zero-order chi connectivity index (χ0) is 12.4. The topological polar surface area (TPSA) is 38.3 Å². The Hall–Kier alpha value is -0.770. The van der Waals surface area contributed by atoms with E-state index in [2.05, 4.69) is 5.32 Å². The van der Waals surface area contributed by atoms with Crippen molar-refractivity contribution in [3.8, 4) is 0 Å². The van der Waals surface area contributed by atoms with Gasteiger partial charge < -0.3 is 10.1 Å². The van der Waals surface area contributed by atoms with Crippen LogP contribution < -0.4 is 5.32 Å². The molecule has 5 heteroatoms. The molecule has 0 bridgehead atoms. The summed E-state index contributed by atoms with van der Waals surface area (Å²) >= 11 is 11.9. The normalized spacial score (nSPS) is 23.7. The highest BCUT2D eigenvalue weighted by atomic mass is 35.5. The van der Waals surface area contributed by atoms with Crippen LogP contribution in [-0.4, -0.2) is 25.7 Å². The van der Waals surface area contributed by atoms with Gasteiger partial charge in [-0.15, -0.1) is 0 Å². The van der Waals surface area contributed by atoms with E-state index in [0.717, 1.165) is 18.5 Å². The number of methoxy groups -OCH3 is 1. The Morgan fingerprint density at radius 3 is 2.82 bits per heavy atom. The largest absolute Gasteiger partial charge is 0.468 e. The summed E-state index contributed by atoms with van der Waals surface area (Å²) in [6, 6.07) is 5.18. The predicted molar refractivity (Wildman–Crippen MR) is 67.6 cm³/mol. The fourth-order valence-corrected chi connectivity index (χ4v) is 2.49. The van der Waals surface area contributed by atoms with Gasteiger partial charge in [-0.25, -0.2) is 0 Å². The standard InChI is InChI=1S/C12H13Cl2NO2/c1-17-12(16)11-8(4-5-15-11)7-2-3-9(13)10(14)6-7/h2-3,6,8,11,15H,4-5H2,1H3. The van der Waals surface area contributed by atoms with Crippen molar-refractivity contribution in [2.24, 2.45) is 0 Å². The molecule has 3 nitrogen and oxygen atoms in total. The number of benzene rings is 1. The zero-order valence-electron chi connectivity index (χ0n) is 9.37. The third-order valence-corrected chi connectivity index (χ3v) is 3.79. The van der Waals surface area contributed by atoms with Gasteiger partial charge in [0.15, 0.2) is 0 Å². The van der Waals surface area contributed by atoms with Gasteiger partial charge in [0.25, 0.3) is 0 Å². The third kappa shape index (κ3) is 2.57. The van der Waals surface area contributed by atoms with Crippen LogP contribution in [-0.2, 0) is 9.53 Å². The summed E-state index contributed by atoms with van der Waals surface area (Å²) in [5, 5.41) is 4.18. The first-order valence-corrected chi connectivity index (χ1v) is 6.15. The SMILES string of the molecule is COC(=O)C1NCCC1c1ccc(Cl)c(Cl)c1. The Morgan fingerprint density at radius 2 is 2.18 bits per heavy atom. The van der Waals surface area contributed by atoms with Crippen LogP contribution in [0.5, 0.6) is 0 Å². The zero-order valence-corrected chi connectivity index (χ0v) is 10.9. The van der Waals surface area contributed by atoms with E-state index in [0.29, 0.717) is 10.0 Å². The smallest absolute Gasteiger partial charge is 0.323 e. The number of halogens is 2. The molecule has 1 saturated heterocycles. The van der Waals surface area contributed by atoms with E-state index in [1.54, 1.807) is 6.07 Å². The summed E-state index contributed by atoms with van der Waals surface area (Å²) in [5.74, 6) is -0.143. The molecule has 0 aromatic heterocycles. The van der Waals surface area contributed by atoms with E-state index in [1.165, 1.54) is 7.11 Å². The lowest BCUT2D eigenvalue weighted by Gasteiger charge is -2.18. The van der Waals surface area contributed by atoms with Crippen LogP contribution in [0.15, 0.2) is 18.2 Å². The lowest BCUT2D eigenvalue weighted by Crippen LogP contribution is -2.35. The van der Waals surface area contributed by atoms with E-state index in [9.17, 15) is 4.79 Å². The molecule has 1 fully saturated rings. The Bertz CT molecular complexity index is 437. The lowest BCUT2D eigenvalue weighted by molar-refractivity contribution is -0.143. The van der Waals surface area contributed by atoms with Crippen molar-refractivity contribution in [2.45, 2.75) is 18.4 Å². The number of hydrogen-bond acceptors (Lipinski definition) is 3. The summed E-state index contributed by atoms with van der Waals surface area (Å²) in [7, 11) is 1.40. The second-order valence-corrected chi connectivity index (χ2v) is 4.84. The van der Waals surface area contributed by atoms with Gasteiger partial charge >= 0.3 is 5.97 Å². The fraction of sp³-hybridized carbons (Fsp3) is 0.417. The molecule has 1 heterocycles. The number of carbonyl (C=O) groups excluding carboxylic acids is 1. The van der Waals surface area contributed by atoms with Gasteiger partial charge in [-0.2, -0.15) is 0 Å². The maximum absolute atomic E-state index is 11.6. The highest BCUT2D eigenvalue weighted by Gasteiger charge is 2.34. The Balaban J connectivity index is 2.26. The molecule has 92 valence electrons. The number of carbonyl (C=O) groups is 1. The van der Waals surface area contributed by atoms with Crippen molar-refractivity contribution in [3.63, 3.8) is 0 Å². The maximum atomic E-state index is 11.6. The fourth-order valence-electron chi connectivity index (χ4n) is 2.18. The molecule has 1 aliphatic rings. The second-order valence-electron chi connectivity index (χ2n) is 4.02. The highest BCUT2D eigenvalue weighted by molar-refractivity contribution is 6.42. The average Bonchev–Trinajstić information content (AvgIpc) is 2.80. The van der Waals surface area contributed by atoms with Crippen LogP contribution in [0.2, 0.25) is 10.0 Å². The van der Waals surface area contributed by atoms with Crippen LogP contribution in [0.3, 0.4) is 0 Å². The molecule has 1 aliphatic heterocycles. The quantitative estimate of drug-likeness (QED) is 0.842. The molecule has 2 atom stereocenters. The summed E-state index contributed by atoms with van der Waals surface area (Å²) in [5.41, 5.74) is 1.01. The van der Waals surface area contributed by atoms with Crippen LogP contribution in [0.1, 0.15) is 17.9 Å². The Labute approximate surface area is 110 Å². The molecule has 2 unspecified atom stereocenters. The van der Waals surface area contributed by atoms with Crippen molar-refractivity contribution >= 4 is 29.2 Å². The van der Waals surface area contributed by atoms with Crippen molar-refractivity contribution in [1.82, 2.24) is 5.32 Å². The summed E-state index contributed by atoms with van der Waals surface area (Å²) < 4.78 is 4.78. The first kappa shape index (κ1) is 12.7. The molecular formula is C12H13Cl2NO2. The number of ether oxygens (including phenoxy) is 1. The minimum absolute atomic E-state index is 0.0946. The lowest BCUT2D eigenvalue weighted by atomic mass is 9.92. The minimum atomic E-state index is -0.294. The van der Waals surface area contributed by atoms with Crippen LogP contribution in [0.25, 0.3) is 0 Å². The van der Waals surface area contributed by atoms with Crippen LogP contribution in [0, 0.1) is 0 Å². The number of rotatable bonds is 2. The molecule has 2 rings (SSSR count). The molecule has 0 aliphatic carbocycles. The second kappa shape index (κ2) is 5.25. The van der Waals surface area contributed by atoms with Gasteiger partial charge in [-0.3, -0.25) is 4.79 Å². The van der Waals surface area contributed by atoms with Gasteiger partial charge in [0, 0.05) is 5.92 Å². The summed E-state index contributed by atoms with van der Waals surface area (Å²) in [4.78, 5) is 11.6. The van der Waals surface area contributed by atoms with E-state index < -0.39 is 0 Å². The number of esters is 1. The van der Waals surface area contributed by atoms with Gasteiger partial charge in [0.05, 0.1) is 17.2 Å². The first-order chi connectivity index (χ1) is 8.13. The number of hydrogen-bond donors (Lipinski definition) is 1. The van der Waals surface area contributed by atoms with E-state index >= 15 is 0 Å². The first-order valence-electron chi connectivity index (χ1n) is 5.39. The van der Waals surface area contributed by atoms with E-state index in [4.69, 9.17) is 27.9 Å². The third-order valence-electron chi connectivity index (χ3n) is 3.05. The van der Waals surface area contributed by atoms with Crippen molar-refractivity contribution < 1.29 is 9.53 Å². The van der Waals surface area contributed by atoms with Gasteiger partial charge in [0.1, 0.15) is 6.04 Å². The van der Waals surface area contributed by atoms with Crippen molar-refractivity contribution in [3.05, 3.63) is 33.8 Å². The molecular weight excluding hydrogens is 261 g/mol. The van der Waals surface area contributed by atoms with Crippen LogP contribution >= 0.6 is 23.2 Å². The molecule has 1 aromatic rings. The van der Waals surface area contributed by atoms with E-state index in [1.807, 2.05) is 12.1 Å². The predicted octanol–water partition coefficient (Wildman–Crippen LogP) is 2.61. The average molecular weight is 274 g/mol. The molecule has 1 aromatic carbocycles. The molecule has 0 saturated carbocycles. The maximum Gasteiger partial charge on any atom is 0.323 e. The van der Waals surface area contributed by atoms with E-state index in [-0.39, 0.29) is 17.9 Å².